The monoisotopic (exact) mass is 183 g/mol. The zero-order chi connectivity index (χ0) is 9.68. The molecule has 1 amide bonds. The van der Waals surface area contributed by atoms with E-state index < -0.39 is 0 Å². The van der Waals surface area contributed by atoms with Gasteiger partial charge in [0.25, 0.3) is 5.91 Å². The molecular formula is C9H13NO3. The molecule has 1 heterocycles. The van der Waals surface area contributed by atoms with Gasteiger partial charge in [0, 0.05) is 13.2 Å². The third-order valence-corrected chi connectivity index (χ3v) is 2.07. The Morgan fingerprint density at radius 2 is 2.54 bits per heavy atom. The molecule has 1 atom stereocenters. The second kappa shape index (κ2) is 4.85. The van der Waals surface area contributed by atoms with Crippen LogP contribution in [-0.4, -0.2) is 48.3 Å². The van der Waals surface area contributed by atoms with Gasteiger partial charge in [0.1, 0.15) is 0 Å². The lowest BCUT2D eigenvalue weighted by Gasteiger charge is -2.33. The van der Waals surface area contributed by atoms with Crippen molar-refractivity contribution in [2.75, 3.05) is 26.4 Å². The molecule has 0 aromatic rings. The molecule has 72 valence electrons. The SMILES string of the molecule is C#CC(=O)N1CCOCC1CCO. The van der Waals surface area contributed by atoms with E-state index in [0.717, 1.165) is 0 Å². The van der Waals surface area contributed by atoms with E-state index in [1.54, 1.807) is 4.90 Å². The Kier molecular flexibility index (Phi) is 3.74. The molecule has 0 bridgehead atoms. The lowest BCUT2D eigenvalue weighted by atomic mass is 10.1. The van der Waals surface area contributed by atoms with Crippen molar-refractivity contribution in [3.05, 3.63) is 0 Å². The Balaban J connectivity index is 2.57. The summed E-state index contributed by atoms with van der Waals surface area (Å²) in [4.78, 5) is 12.8. The van der Waals surface area contributed by atoms with E-state index in [-0.39, 0.29) is 18.6 Å². The van der Waals surface area contributed by atoms with Crippen molar-refractivity contribution in [3.8, 4) is 12.3 Å². The predicted molar refractivity (Wildman–Crippen MR) is 46.9 cm³/mol. The first-order valence-corrected chi connectivity index (χ1v) is 4.25. The molecule has 4 nitrogen and oxygen atoms in total. The van der Waals surface area contributed by atoms with E-state index in [4.69, 9.17) is 16.3 Å². The maximum Gasteiger partial charge on any atom is 0.298 e. The highest BCUT2D eigenvalue weighted by molar-refractivity contribution is 5.93. The summed E-state index contributed by atoms with van der Waals surface area (Å²) in [5.74, 6) is 1.76. The quantitative estimate of drug-likeness (QED) is 0.572. The molecule has 1 aliphatic heterocycles. The van der Waals surface area contributed by atoms with Crippen LogP contribution in [0.3, 0.4) is 0 Å². The number of nitrogens with zero attached hydrogens (tertiary/aromatic N) is 1. The summed E-state index contributed by atoms with van der Waals surface area (Å²) in [5.41, 5.74) is 0. The molecule has 0 aromatic carbocycles. The van der Waals surface area contributed by atoms with Crippen LogP contribution in [0, 0.1) is 12.3 Å². The first kappa shape index (κ1) is 10.0. The molecule has 1 aliphatic rings. The van der Waals surface area contributed by atoms with Gasteiger partial charge in [0.05, 0.1) is 19.3 Å². The largest absolute Gasteiger partial charge is 0.396 e. The minimum Gasteiger partial charge on any atom is -0.396 e. The Morgan fingerprint density at radius 1 is 1.77 bits per heavy atom. The van der Waals surface area contributed by atoms with Crippen LogP contribution in [0.15, 0.2) is 0 Å². The molecule has 0 radical (unpaired) electrons. The summed E-state index contributed by atoms with van der Waals surface area (Å²) >= 11 is 0. The molecule has 1 fully saturated rings. The normalized spacial score (nSPS) is 22.5. The predicted octanol–water partition coefficient (Wildman–Crippen LogP) is -0.771. The maximum atomic E-state index is 11.2. The van der Waals surface area contributed by atoms with Gasteiger partial charge in [-0.3, -0.25) is 4.79 Å². The number of rotatable bonds is 2. The number of hydrogen-bond donors (Lipinski definition) is 1. The molecule has 0 aliphatic carbocycles. The van der Waals surface area contributed by atoms with E-state index in [1.165, 1.54) is 0 Å². The van der Waals surface area contributed by atoms with Gasteiger partial charge < -0.3 is 14.7 Å². The first-order valence-electron chi connectivity index (χ1n) is 4.25. The third-order valence-electron chi connectivity index (χ3n) is 2.07. The van der Waals surface area contributed by atoms with Gasteiger partial charge >= 0.3 is 0 Å². The molecule has 1 unspecified atom stereocenters. The number of aliphatic hydroxyl groups excluding tert-OH is 1. The molecule has 1 rings (SSSR count). The summed E-state index contributed by atoms with van der Waals surface area (Å²) < 4.78 is 5.19. The summed E-state index contributed by atoms with van der Waals surface area (Å²) in [6, 6.07) is -0.0673. The Hall–Kier alpha value is -1.05. The highest BCUT2D eigenvalue weighted by Gasteiger charge is 2.25. The zero-order valence-electron chi connectivity index (χ0n) is 7.40. The molecule has 4 heteroatoms. The van der Waals surface area contributed by atoms with Crippen molar-refractivity contribution in [2.24, 2.45) is 0 Å². The molecule has 0 spiro atoms. The minimum absolute atomic E-state index is 0.0440. The highest BCUT2D eigenvalue weighted by atomic mass is 16.5. The average Bonchev–Trinajstić information content (AvgIpc) is 2.18. The number of carbonyl (C=O) groups excluding carboxylic acids is 1. The number of ether oxygens (including phenoxy) is 1. The Labute approximate surface area is 77.5 Å². The fraction of sp³-hybridized carbons (Fsp3) is 0.667. The molecule has 1 N–H and O–H groups in total. The third kappa shape index (κ3) is 2.44. The molecule has 0 aromatic heterocycles. The molecule has 0 saturated carbocycles. The van der Waals surface area contributed by atoms with Gasteiger partial charge in [0.2, 0.25) is 0 Å². The van der Waals surface area contributed by atoms with Crippen LogP contribution in [0.2, 0.25) is 0 Å². The molecular weight excluding hydrogens is 170 g/mol. The van der Waals surface area contributed by atoms with Gasteiger partial charge in [-0.2, -0.15) is 0 Å². The van der Waals surface area contributed by atoms with E-state index in [9.17, 15) is 4.79 Å². The zero-order valence-corrected chi connectivity index (χ0v) is 7.40. The van der Waals surface area contributed by atoms with Crippen LogP contribution in [0.5, 0.6) is 0 Å². The van der Waals surface area contributed by atoms with Gasteiger partial charge in [0.15, 0.2) is 0 Å². The lowest BCUT2D eigenvalue weighted by molar-refractivity contribution is -0.134. The van der Waals surface area contributed by atoms with E-state index >= 15 is 0 Å². The van der Waals surface area contributed by atoms with Crippen molar-refractivity contribution >= 4 is 5.91 Å². The summed E-state index contributed by atoms with van der Waals surface area (Å²) in [6.07, 6.45) is 5.54. The van der Waals surface area contributed by atoms with Gasteiger partial charge in [-0.25, -0.2) is 0 Å². The Bertz CT molecular complexity index is 219. The number of carbonyl (C=O) groups is 1. The van der Waals surface area contributed by atoms with Gasteiger partial charge in [-0.05, 0) is 12.3 Å². The van der Waals surface area contributed by atoms with Crippen LogP contribution in [0.4, 0.5) is 0 Å². The topological polar surface area (TPSA) is 49.8 Å². The molecule has 13 heavy (non-hydrogen) atoms. The van der Waals surface area contributed by atoms with Crippen molar-refractivity contribution in [3.63, 3.8) is 0 Å². The number of aliphatic hydroxyl groups is 1. The lowest BCUT2D eigenvalue weighted by Crippen LogP contribution is -2.48. The van der Waals surface area contributed by atoms with Crippen LogP contribution < -0.4 is 0 Å². The van der Waals surface area contributed by atoms with Crippen molar-refractivity contribution < 1.29 is 14.6 Å². The fourth-order valence-corrected chi connectivity index (χ4v) is 1.39. The van der Waals surface area contributed by atoms with E-state index in [0.29, 0.717) is 26.2 Å². The minimum atomic E-state index is -0.318. The van der Waals surface area contributed by atoms with Crippen LogP contribution in [0.25, 0.3) is 0 Å². The van der Waals surface area contributed by atoms with Crippen LogP contribution in [-0.2, 0) is 9.53 Å². The number of amides is 1. The van der Waals surface area contributed by atoms with E-state index in [2.05, 4.69) is 5.92 Å². The first-order chi connectivity index (χ1) is 6.29. The number of morpholine rings is 1. The standard InChI is InChI=1S/C9H13NO3/c1-2-9(12)10-4-6-13-7-8(10)3-5-11/h1,8,11H,3-7H2. The fourth-order valence-electron chi connectivity index (χ4n) is 1.39. The van der Waals surface area contributed by atoms with Crippen LogP contribution >= 0.6 is 0 Å². The summed E-state index contributed by atoms with van der Waals surface area (Å²) in [6.45, 7) is 1.55. The second-order valence-electron chi connectivity index (χ2n) is 2.88. The van der Waals surface area contributed by atoms with Crippen LogP contribution in [0.1, 0.15) is 6.42 Å². The number of hydrogen-bond acceptors (Lipinski definition) is 3. The maximum absolute atomic E-state index is 11.2. The second-order valence-corrected chi connectivity index (χ2v) is 2.88. The summed E-state index contributed by atoms with van der Waals surface area (Å²) in [5, 5.41) is 8.75. The van der Waals surface area contributed by atoms with Crippen molar-refractivity contribution in [2.45, 2.75) is 12.5 Å². The highest BCUT2D eigenvalue weighted by Crippen LogP contribution is 2.09. The van der Waals surface area contributed by atoms with Crippen molar-refractivity contribution in [1.29, 1.82) is 0 Å². The molecule has 1 saturated heterocycles. The summed E-state index contributed by atoms with van der Waals surface area (Å²) in [7, 11) is 0. The van der Waals surface area contributed by atoms with Crippen molar-refractivity contribution in [1.82, 2.24) is 4.90 Å². The van der Waals surface area contributed by atoms with Gasteiger partial charge in [-0.1, -0.05) is 0 Å². The average molecular weight is 183 g/mol. The van der Waals surface area contributed by atoms with E-state index in [1.807, 2.05) is 0 Å². The smallest absolute Gasteiger partial charge is 0.298 e. The Morgan fingerprint density at radius 3 is 3.15 bits per heavy atom. The van der Waals surface area contributed by atoms with Gasteiger partial charge in [-0.15, -0.1) is 6.42 Å². The number of terminal acetylenes is 1.